The van der Waals surface area contributed by atoms with Crippen LogP contribution in [0.3, 0.4) is 0 Å². The molecule has 7 nitrogen and oxygen atoms in total. The summed E-state index contributed by atoms with van der Waals surface area (Å²) in [6.07, 6.45) is 5.90. The van der Waals surface area contributed by atoms with E-state index < -0.39 is 0 Å². The lowest BCUT2D eigenvalue weighted by Crippen LogP contribution is -2.34. The van der Waals surface area contributed by atoms with Crippen molar-refractivity contribution in [1.82, 2.24) is 30.2 Å². The van der Waals surface area contributed by atoms with Gasteiger partial charge in [-0.25, -0.2) is 9.37 Å². The number of piperidine rings is 1. The number of halogens is 1. The normalized spacial score (nSPS) is 16.4. The number of aromatic amines is 1. The minimum atomic E-state index is -0.380. The Morgan fingerprint density at radius 1 is 1.24 bits per heavy atom. The standard InChI is InChI=1S/C17H19FN6O/c18-13-1-2-15(19-10-13)17-21-16(25-23-17)9-12-4-7-24(8-5-12)11-14-3-6-20-22-14/h1-3,6,10,12H,4-5,7-9,11H2,(H,20,22). The van der Waals surface area contributed by atoms with Crippen molar-refractivity contribution in [2.45, 2.75) is 25.8 Å². The first kappa shape index (κ1) is 15.9. The van der Waals surface area contributed by atoms with Gasteiger partial charge < -0.3 is 4.52 Å². The van der Waals surface area contributed by atoms with Crippen LogP contribution in [0, 0.1) is 11.7 Å². The number of pyridine rings is 1. The average molecular weight is 342 g/mol. The second-order valence-electron chi connectivity index (χ2n) is 6.38. The lowest BCUT2D eigenvalue weighted by atomic mass is 9.93. The van der Waals surface area contributed by atoms with Crippen LogP contribution >= 0.6 is 0 Å². The van der Waals surface area contributed by atoms with Crippen LogP contribution in [0.15, 0.2) is 35.1 Å². The van der Waals surface area contributed by atoms with E-state index in [-0.39, 0.29) is 5.82 Å². The van der Waals surface area contributed by atoms with Crippen LogP contribution in [-0.4, -0.2) is 43.3 Å². The molecule has 0 bridgehead atoms. The quantitative estimate of drug-likeness (QED) is 0.767. The molecule has 1 fully saturated rings. The molecule has 1 aliphatic heterocycles. The zero-order valence-electron chi connectivity index (χ0n) is 13.7. The molecule has 3 aromatic heterocycles. The summed E-state index contributed by atoms with van der Waals surface area (Å²) < 4.78 is 18.3. The summed E-state index contributed by atoms with van der Waals surface area (Å²) in [5.74, 6) is 1.18. The van der Waals surface area contributed by atoms with Crippen molar-refractivity contribution in [2.75, 3.05) is 13.1 Å². The Balaban J connectivity index is 1.31. The highest BCUT2D eigenvalue weighted by atomic mass is 19.1. The van der Waals surface area contributed by atoms with Gasteiger partial charge >= 0.3 is 0 Å². The van der Waals surface area contributed by atoms with Crippen LogP contribution in [0.4, 0.5) is 4.39 Å². The summed E-state index contributed by atoms with van der Waals surface area (Å²) in [5, 5.41) is 10.9. The molecule has 0 aromatic carbocycles. The van der Waals surface area contributed by atoms with E-state index in [4.69, 9.17) is 4.52 Å². The Labute approximate surface area is 144 Å². The third-order valence-electron chi connectivity index (χ3n) is 4.55. The van der Waals surface area contributed by atoms with Gasteiger partial charge in [0.25, 0.3) is 0 Å². The summed E-state index contributed by atoms with van der Waals surface area (Å²) in [6, 6.07) is 4.90. The number of nitrogens with zero attached hydrogens (tertiary/aromatic N) is 5. The highest BCUT2D eigenvalue weighted by molar-refractivity contribution is 5.47. The molecule has 3 aromatic rings. The third kappa shape index (κ3) is 3.90. The van der Waals surface area contributed by atoms with Crippen LogP contribution in [0.2, 0.25) is 0 Å². The minimum absolute atomic E-state index is 0.380. The van der Waals surface area contributed by atoms with Crippen molar-refractivity contribution in [1.29, 1.82) is 0 Å². The van der Waals surface area contributed by atoms with Crippen LogP contribution in [0.25, 0.3) is 11.5 Å². The molecular weight excluding hydrogens is 323 g/mol. The first-order chi connectivity index (χ1) is 12.3. The molecule has 1 saturated heterocycles. The van der Waals surface area contributed by atoms with E-state index in [0.29, 0.717) is 23.3 Å². The first-order valence-electron chi connectivity index (χ1n) is 8.41. The van der Waals surface area contributed by atoms with Gasteiger partial charge in [-0.05, 0) is 50.0 Å². The highest BCUT2D eigenvalue weighted by Gasteiger charge is 2.22. The lowest BCUT2D eigenvalue weighted by Gasteiger charge is -2.30. The van der Waals surface area contributed by atoms with E-state index in [0.717, 1.165) is 50.8 Å². The smallest absolute Gasteiger partial charge is 0.227 e. The van der Waals surface area contributed by atoms with Crippen molar-refractivity contribution < 1.29 is 8.91 Å². The molecule has 0 spiro atoms. The maximum Gasteiger partial charge on any atom is 0.227 e. The van der Waals surface area contributed by atoms with Crippen molar-refractivity contribution in [3.8, 4) is 11.5 Å². The molecule has 8 heteroatoms. The first-order valence-corrected chi connectivity index (χ1v) is 8.41. The van der Waals surface area contributed by atoms with E-state index in [1.807, 2.05) is 6.07 Å². The molecule has 0 atom stereocenters. The molecular formula is C17H19FN6O. The molecule has 0 saturated carbocycles. The second-order valence-corrected chi connectivity index (χ2v) is 6.38. The monoisotopic (exact) mass is 342 g/mol. The van der Waals surface area contributed by atoms with Crippen LogP contribution in [0.5, 0.6) is 0 Å². The highest BCUT2D eigenvalue weighted by Crippen LogP contribution is 2.23. The number of hydrogen-bond donors (Lipinski definition) is 1. The zero-order valence-corrected chi connectivity index (χ0v) is 13.7. The van der Waals surface area contributed by atoms with Crippen molar-refractivity contribution in [2.24, 2.45) is 5.92 Å². The summed E-state index contributed by atoms with van der Waals surface area (Å²) in [7, 11) is 0. The summed E-state index contributed by atoms with van der Waals surface area (Å²) in [4.78, 5) is 10.8. The maximum atomic E-state index is 12.9. The summed E-state index contributed by atoms with van der Waals surface area (Å²) in [6.45, 7) is 3.00. The van der Waals surface area contributed by atoms with E-state index in [9.17, 15) is 4.39 Å². The average Bonchev–Trinajstić information content (AvgIpc) is 3.29. The number of H-pyrrole nitrogens is 1. The molecule has 0 radical (unpaired) electrons. The molecule has 25 heavy (non-hydrogen) atoms. The summed E-state index contributed by atoms with van der Waals surface area (Å²) in [5.41, 5.74) is 1.66. The molecule has 0 unspecified atom stereocenters. The molecule has 1 aliphatic rings. The second kappa shape index (κ2) is 7.10. The van der Waals surface area contributed by atoms with Gasteiger partial charge in [0.1, 0.15) is 11.5 Å². The van der Waals surface area contributed by atoms with Crippen LogP contribution < -0.4 is 0 Å². The maximum absolute atomic E-state index is 12.9. The Kier molecular flexibility index (Phi) is 4.51. The van der Waals surface area contributed by atoms with E-state index in [1.54, 1.807) is 12.3 Å². The third-order valence-corrected chi connectivity index (χ3v) is 4.55. The fourth-order valence-corrected chi connectivity index (χ4v) is 3.16. The predicted molar refractivity (Wildman–Crippen MR) is 87.8 cm³/mol. The lowest BCUT2D eigenvalue weighted by molar-refractivity contribution is 0.169. The van der Waals surface area contributed by atoms with Gasteiger partial charge in [-0.2, -0.15) is 10.1 Å². The molecule has 4 heterocycles. The van der Waals surface area contributed by atoms with Crippen molar-refractivity contribution in [3.05, 3.63) is 48.0 Å². The number of rotatable bonds is 5. The van der Waals surface area contributed by atoms with Gasteiger partial charge in [-0.3, -0.25) is 10.00 Å². The van der Waals surface area contributed by atoms with E-state index in [2.05, 4.69) is 30.2 Å². The van der Waals surface area contributed by atoms with Gasteiger partial charge in [-0.1, -0.05) is 5.16 Å². The Morgan fingerprint density at radius 2 is 2.12 bits per heavy atom. The number of likely N-dealkylation sites (tertiary alicyclic amines) is 1. The Hall–Kier alpha value is -2.61. The largest absolute Gasteiger partial charge is 0.339 e. The van der Waals surface area contributed by atoms with Crippen LogP contribution in [0.1, 0.15) is 24.4 Å². The van der Waals surface area contributed by atoms with Gasteiger partial charge in [0, 0.05) is 24.9 Å². The predicted octanol–water partition coefficient (Wildman–Crippen LogP) is 2.45. The molecule has 1 N–H and O–H groups in total. The van der Waals surface area contributed by atoms with Crippen LogP contribution in [-0.2, 0) is 13.0 Å². The topological polar surface area (TPSA) is 83.7 Å². The van der Waals surface area contributed by atoms with E-state index >= 15 is 0 Å². The fourth-order valence-electron chi connectivity index (χ4n) is 3.16. The molecule has 0 aliphatic carbocycles. The molecule has 130 valence electrons. The number of hydrogen-bond acceptors (Lipinski definition) is 6. The minimum Gasteiger partial charge on any atom is -0.339 e. The number of nitrogens with one attached hydrogen (secondary N) is 1. The van der Waals surface area contributed by atoms with Gasteiger partial charge in [0.05, 0.1) is 6.20 Å². The fraction of sp³-hybridized carbons (Fsp3) is 0.412. The molecule has 0 amide bonds. The van der Waals surface area contributed by atoms with E-state index in [1.165, 1.54) is 6.07 Å². The molecule has 4 rings (SSSR count). The Morgan fingerprint density at radius 3 is 2.84 bits per heavy atom. The van der Waals surface area contributed by atoms with Gasteiger partial charge in [0.2, 0.25) is 11.7 Å². The SMILES string of the molecule is Fc1ccc(-c2noc(CC3CCN(Cc4ccn[nH]4)CC3)n2)nc1. The summed E-state index contributed by atoms with van der Waals surface area (Å²) >= 11 is 0. The van der Waals surface area contributed by atoms with Gasteiger partial charge in [-0.15, -0.1) is 0 Å². The Bertz CT molecular complexity index is 793. The van der Waals surface area contributed by atoms with Crippen molar-refractivity contribution >= 4 is 0 Å². The zero-order chi connectivity index (χ0) is 17.1. The number of aromatic nitrogens is 5. The van der Waals surface area contributed by atoms with Crippen molar-refractivity contribution in [3.63, 3.8) is 0 Å². The van der Waals surface area contributed by atoms with Gasteiger partial charge in [0.15, 0.2) is 0 Å².